The average molecular weight is 534 g/mol. The van der Waals surface area contributed by atoms with Crippen molar-refractivity contribution < 1.29 is 43.8 Å². The summed E-state index contributed by atoms with van der Waals surface area (Å²) in [6, 6.07) is 17.3. The fraction of sp³-hybridized carbons (Fsp3) is 0.167. The van der Waals surface area contributed by atoms with E-state index in [4.69, 9.17) is 4.74 Å². The molecule has 12 heteroatoms. The van der Waals surface area contributed by atoms with Gasteiger partial charge in [-0.2, -0.15) is 0 Å². The van der Waals surface area contributed by atoms with Crippen LogP contribution >= 0.6 is 0 Å². The molecule has 3 rings (SSSR count). The van der Waals surface area contributed by atoms with Crippen molar-refractivity contribution in [1.29, 1.82) is 0 Å². The minimum absolute atomic E-state index is 0.458. The van der Waals surface area contributed by atoms with Crippen LogP contribution in [0, 0.1) is 40.3 Å². The lowest BCUT2D eigenvalue weighted by Gasteiger charge is -2.17. The van der Waals surface area contributed by atoms with Crippen LogP contribution in [0.4, 0.5) is 34.9 Å². The molecule has 0 aromatic heterocycles. The molecule has 2 nitrogen and oxygen atoms in total. The largest absolute Gasteiger partial charge is 0.515 e. The lowest BCUT2D eigenvalue weighted by Crippen LogP contribution is -2.41. The highest BCUT2D eigenvalue weighted by atomic mass is 32.2. The van der Waals surface area contributed by atoms with E-state index in [1.807, 2.05) is 61.5 Å². The van der Waals surface area contributed by atoms with Gasteiger partial charge in [-0.15, -0.1) is 0 Å². The van der Waals surface area contributed by atoms with Crippen LogP contribution in [0.5, 0.6) is 5.75 Å². The maximum absolute atomic E-state index is 12.5. The van der Waals surface area contributed by atoms with E-state index in [0.29, 0.717) is 12.4 Å². The van der Waals surface area contributed by atoms with Gasteiger partial charge in [-0.1, -0.05) is 34.5 Å². The highest BCUT2D eigenvalue weighted by Gasteiger charge is 2.37. The van der Waals surface area contributed by atoms with Crippen molar-refractivity contribution in [2.75, 3.05) is 12.9 Å². The standard InChI is InChI=1S/C18H19O2S.C6BF8/c1-3-20-18-11-9-17(10-12-18)15-21(2,19)14-13-16-7-5-4-6-8-16;8-2-1(7(13,14)15)3(9)5(11)6(12)4(2)10/h4-12H,3,15H2,1-2H3;/q+1;-1. The molecule has 0 radical (unpaired) electrons. The van der Waals surface area contributed by atoms with Crippen molar-refractivity contribution in [3.8, 4) is 16.9 Å². The lowest BCUT2D eigenvalue weighted by molar-refractivity contribution is 0.340. The smallest absolute Gasteiger partial charge is 0.494 e. The van der Waals surface area contributed by atoms with E-state index in [9.17, 15) is 39.1 Å². The van der Waals surface area contributed by atoms with Gasteiger partial charge in [0, 0.05) is 11.1 Å². The second-order valence-electron chi connectivity index (χ2n) is 7.38. The molecule has 36 heavy (non-hydrogen) atoms. The zero-order valence-electron chi connectivity index (χ0n) is 18.9. The van der Waals surface area contributed by atoms with Crippen LogP contribution in [0.3, 0.4) is 0 Å². The molecule has 0 amide bonds. The number of rotatable bonds is 5. The van der Waals surface area contributed by atoms with Gasteiger partial charge in [0.25, 0.3) is 0 Å². The summed E-state index contributed by atoms with van der Waals surface area (Å²) in [6.45, 7) is -3.71. The molecule has 0 fully saturated rings. The zero-order valence-corrected chi connectivity index (χ0v) is 19.8. The minimum Gasteiger partial charge on any atom is -0.494 e. The summed E-state index contributed by atoms with van der Waals surface area (Å²) in [4.78, 5) is 0. The van der Waals surface area contributed by atoms with Crippen LogP contribution < -0.4 is 10.2 Å². The Hall–Kier alpha value is -3.33. The summed E-state index contributed by atoms with van der Waals surface area (Å²) in [5, 5.41) is 2.91. The fourth-order valence-corrected chi connectivity index (χ4v) is 4.03. The molecule has 0 saturated heterocycles. The first kappa shape index (κ1) is 28.9. The van der Waals surface area contributed by atoms with Crippen molar-refractivity contribution in [2.24, 2.45) is 0 Å². The lowest BCUT2D eigenvalue weighted by atomic mass is 9.79. The van der Waals surface area contributed by atoms with Gasteiger partial charge in [0.05, 0.1) is 6.61 Å². The molecule has 3 aromatic carbocycles. The van der Waals surface area contributed by atoms with Gasteiger partial charge >= 0.3 is 6.98 Å². The van der Waals surface area contributed by atoms with E-state index >= 15 is 0 Å². The minimum atomic E-state index is -6.30. The van der Waals surface area contributed by atoms with Crippen molar-refractivity contribution in [3.63, 3.8) is 0 Å². The molecular weight excluding hydrogens is 515 g/mol. The molecule has 0 aliphatic rings. The van der Waals surface area contributed by atoms with E-state index in [-0.39, 0.29) is 0 Å². The quantitative estimate of drug-likeness (QED) is 0.0980. The third-order valence-electron chi connectivity index (χ3n) is 4.43. The molecule has 1 unspecified atom stereocenters. The van der Waals surface area contributed by atoms with E-state index < -0.39 is 51.5 Å². The number of halogens is 8. The summed E-state index contributed by atoms with van der Waals surface area (Å²) >= 11 is 0. The molecule has 0 aliphatic carbocycles. The third-order valence-corrected chi connectivity index (χ3v) is 5.85. The highest BCUT2D eigenvalue weighted by molar-refractivity contribution is 8.05. The van der Waals surface area contributed by atoms with Crippen LogP contribution in [0.15, 0.2) is 54.6 Å². The molecule has 0 aliphatic heterocycles. The molecular formula is C24H19BF8O2S. The van der Waals surface area contributed by atoms with E-state index in [1.165, 1.54) is 0 Å². The predicted molar refractivity (Wildman–Crippen MR) is 124 cm³/mol. The van der Waals surface area contributed by atoms with Gasteiger partial charge in [0.2, 0.25) is 0 Å². The summed E-state index contributed by atoms with van der Waals surface area (Å²) in [5.74, 6) is -9.28. The molecule has 0 N–H and O–H groups in total. The second kappa shape index (κ2) is 12.1. The third kappa shape index (κ3) is 7.85. The fourth-order valence-electron chi connectivity index (χ4n) is 2.80. The summed E-state index contributed by atoms with van der Waals surface area (Å²) in [6.07, 6.45) is 1.71. The Morgan fingerprint density at radius 2 is 1.31 bits per heavy atom. The van der Waals surface area contributed by atoms with Crippen LogP contribution in [-0.2, 0) is 19.9 Å². The van der Waals surface area contributed by atoms with Gasteiger partial charge < -0.3 is 17.7 Å². The number of hydrogen-bond acceptors (Lipinski definition) is 2. The Morgan fingerprint density at radius 1 is 0.806 bits per heavy atom. The summed E-state index contributed by atoms with van der Waals surface area (Å²) < 4.78 is 116. The molecule has 3 aromatic rings. The maximum atomic E-state index is 12.5. The Bertz CT molecular complexity index is 1270. The molecule has 1 atom stereocenters. The summed E-state index contributed by atoms with van der Waals surface area (Å²) in [7, 11) is -2.21. The average Bonchev–Trinajstić information content (AvgIpc) is 2.82. The first-order valence-electron chi connectivity index (χ1n) is 10.2. The molecule has 0 bridgehead atoms. The molecule has 192 valence electrons. The summed E-state index contributed by atoms with van der Waals surface area (Å²) in [5.41, 5.74) is -0.835. The van der Waals surface area contributed by atoms with Crippen molar-refractivity contribution in [1.82, 2.24) is 0 Å². The van der Waals surface area contributed by atoms with Crippen molar-refractivity contribution >= 4 is 22.4 Å². The van der Waals surface area contributed by atoms with Gasteiger partial charge in [-0.25, -0.2) is 22.0 Å². The second-order valence-corrected chi connectivity index (χ2v) is 9.88. The number of benzene rings is 3. The van der Waals surface area contributed by atoms with Crippen LogP contribution in [0.1, 0.15) is 18.1 Å². The first-order chi connectivity index (χ1) is 16.8. The van der Waals surface area contributed by atoms with Crippen LogP contribution in [-0.4, -0.2) is 19.8 Å². The molecule has 0 heterocycles. The van der Waals surface area contributed by atoms with E-state index in [0.717, 1.165) is 16.9 Å². The first-order valence-corrected chi connectivity index (χ1v) is 12.4. The monoisotopic (exact) mass is 534 g/mol. The number of ether oxygens (including phenoxy) is 1. The zero-order chi connectivity index (χ0) is 27.1. The Balaban J connectivity index is 0.000000269. The van der Waals surface area contributed by atoms with Gasteiger partial charge in [0.15, 0.2) is 32.6 Å². The maximum Gasteiger partial charge on any atom is 0.515 e. The highest BCUT2D eigenvalue weighted by Crippen LogP contribution is 2.21. The Kier molecular flexibility index (Phi) is 9.70. The normalized spacial score (nSPS) is 12.5. The van der Waals surface area contributed by atoms with Crippen LogP contribution in [0.25, 0.3) is 0 Å². The van der Waals surface area contributed by atoms with Crippen molar-refractivity contribution in [3.05, 3.63) is 94.8 Å². The van der Waals surface area contributed by atoms with E-state index in [1.54, 1.807) is 6.26 Å². The SMILES string of the molecule is CCOc1ccc(C[S+](C)(=O)C#Cc2ccccc2)cc1.Fc1c(F)c(F)c([B-](F)(F)F)c(F)c1F. The van der Waals surface area contributed by atoms with Gasteiger partial charge in [-0.3, -0.25) is 0 Å². The van der Waals surface area contributed by atoms with E-state index in [2.05, 4.69) is 11.2 Å². The Labute approximate surface area is 203 Å². The van der Waals surface area contributed by atoms with Crippen LogP contribution in [0.2, 0.25) is 0 Å². The van der Waals surface area contributed by atoms with Crippen molar-refractivity contribution in [2.45, 2.75) is 12.7 Å². The van der Waals surface area contributed by atoms with Gasteiger partial charge in [-0.05, 0) is 42.6 Å². The number of hydrogen-bond donors (Lipinski definition) is 0. The topological polar surface area (TPSA) is 26.3 Å². The molecule has 0 saturated carbocycles. The Morgan fingerprint density at radius 3 is 1.78 bits per heavy atom. The van der Waals surface area contributed by atoms with Gasteiger partial charge in [0.1, 0.15) is 29.4 Å². The molecule has 0 spiro atoms. The predicted octanol–water partition coefficient (Wildman–Crippen LogP) is 6.16.